The molecular weight excluding hydrogens is 335 g/mol. The van der Waals surface area contributed by atoms with Crippen molar-refractivity contribution in [3.63, 3.8) is 0 Å². The second-order valence-corrected chi connectivity index (χ2v) is 5.64. The highest BCUT2D eigenvalue weighted by Crippen LogP contribution is 2.26. The molecule has 0 spiro atoms. The van der Waals surface area contributed by atoms with Gasteiger partial charge in [-0.25, -0.2) is 4.39 Å². The maximum absolute atomic E-state index is 13.9. The predicted octanol–water partition coefficient (Wildman–Crippen LogP) is 3.81. The Balaban J connectivity index is 1.95. The normalized spacial score (nSPS) is 12.5. The van der Waals surface area contributed by atoms with Crippen LogP contribution in [0.2, 0.25) is 0 Å². The van der Waals surface area contributed by atoms with Crippen LogP contribution in [-0.4, -0.2) is 15.1 Å². The van der Waals surface area contributed by atoms with Crippen molar-refractivity contribution in [1.82, 2.24) is 9.97 Å². The van der Waals surface area contributed by atoms with Crippen molar-refractivity contribution in [3.05, 3.63) is 70.2 Å². The molecule has 3 aromatic rings. The van der Waals surface area contributed by atoms with Crippen molar-refractivity contribution >= 4 is 27.0 Å². The van der Waals surface area contributed by atoms with E-state index < -0.39 is 6.10 Å². The molecule has 21 heavy (non-hydrogen) atoms. The summed E-state index contributed by atoms with van der Waals surface area (Å²) in [5.74, 6) is -0.338. The number of aromatic nitrogens is 2. The summed E-state index contributed by atoms with van der Waals surface area (Å²) >= 11 is 3.22. The average Bonchev–Trinajstić information content (AvgIpc) is 2.49. The Labute approximate surface area is 129 Å². The summed E-state index contributed by atoms with van der Waals surface area (Å²) in [7, 11) is 0. The summed E-state index contributed by atoms with van der Waals surface area (Å²) in [6, 6.07) is 10.3. The number of benzene rings is 2. The van der Waals surface area contributed by atoms with Crippen LogP contribution in [0.1, 0.15) is 17.2 Å². The molecule has 1 aromatic heterocycles. The van der Waals surface area contributed by atoms with E-state index in [4.69, 9.17) is 0 Å². The van der Waals surface area contributed by atoms with Gasteiger partial charge in [0.1, 0.15) is 5.82 Å². The number of rotatable bonds is 3. The summed E-state index contributed by atoms with van der Waals surface area (Å²) in [6.07, 6.45) is 2.54. The lowest BCUT2D eigenvalue weighted by molar-refractivity contribution is 0.178. The second-order valence-electron chi connectivity index (χ2n) is 4.73. The van der Waals surface area contributed by atoms with Gasteiger partial charge in [-0.3, -0.25) is 9.97 Å². The molecule has 0 radical (unpaired) electrons. The third kappa shape index (κ3) is 2.94. The highest BCUT2D eigenvalue weighted by molar-refractivity contribution is 9.10. The Morgan fingerprint density at radius 2 is 1.95 bits per heavy atom. The first-order chi connectivity index (χ1) is 10.1. The zero-order valence-electron chi connectivity index (χ0n) is 11.0. The highest BCUT2D eigenvalue weighted by atomic mass is 79.9. The second kappa shape index (κ2) is 5.87. The number of fused-ring (bicyclic) bond motifs is 1. The minimum Gasteiger partial charge on any atom is -0.388 e. The number of hydrogen-bond acceptors (Lipinski definition) is 3. The smallest absolute Gasteiger partial charge is 0.127 e. The Morgan fingerprint density at radius 3 is 2.76 bits per heavy atom. The van der Waals surface area contributed by atoms with Crippen LogP contribution in [0.3, 0.4) is 0 Å². The number of aliphatic hydroxyl groups excluding tert-OH is 1. The van der Waals surface area contributed by atoms with Crippen LogP contribution in [0.25, 0.3) is 11.0 Å². The maximum atomic E-state index is 13.9. The molecule has 3 rings (SSSR count). The third-order valence-electron chi connectivity index (χ3n) is 3.32. The van der Waals surface area contributed by atoms with E-state index in [0.717, 1.165) is 0 Å². The minimum absolute atomic E-state index is 0.189. The molecule has 0 aliphatic carbocycles. The number of hydrogen-bond donors (Lipinski definition) is 1. The van der Waals surface area contributed by atoms with Crippen LogP contribution >= 0.6 is 15.9 Å². The molecule has 0 saturated heterocycles. The number of halogens is 2. The van der Waals surface area contributed by atoms with Crippen LogP contribution < -0.4 is 0 Å². The molecular formula is C16H12BrFN2O. The Morgan fingerprint density at radius 1 is 1.14 bits per heavy atom. The molecule has 0 bridgehead atoms. The van der Waals surface area contributed by atoms with Gasteiger partial charge < -0.3 is 5.11 Å². The molecule has 1 unspecified atom stereocenters. The van der Waals surface area contributed by atoms with Crippen molar-refractivity contribution in [2.45, 2.75) is 12.5 Å². The molecule has 0 fully saturated rings. The molecule has 106 valence electrons. The lowest BCUT2D eigenvalue weighted by Gasteiger charge is -2.13. The molecule has 3 nitrogen and oxygen atoms in total. The van der Waals surface area contributed by atoms with E-state index >= 15 is 0 Å². The van der Waals surface area contributed by atoms with Crippen molar-refractivity contribution < 1.29 is 9.50 Å². The zero-order valence-corrected chi connectivity index (χ0v) is 12.6. The molecule has 1 heterocycles. The maximum Gasteiger partial charge on any atom is 0.127 e. The lowest BCUT2D eigenvalue weighted by Crippen LogP contribution is -2.05. The van der Waals surface area contributed by atoms with Gasteiger partial charge in [0.05, 0.1) is 17.1 Å². The number of aliphatic hydroxyl groups is 1. The molecule has 0 saturated carbocycles. The summed E-state index contributed by atoms with van der Waals surface area (Å²) < 4.78 is 14.5. The minimum atomic E-state index is -0.832. The summed E-state index contributed by atoms with van der Waals surface area (Å²) in [5, 5.41) is 10.4. The van der Waals surface area contributed by atoms with Crippen molar-refractivity contribution in [3.8, 4) is 0 Å². The molecule has 0 amide bonds. The molecule has 0 aliphatic rings. The van der Waals surface area contributed by atoms with E-state index in [-0.39, 0.29) is 12.2 Å². The van der Waals surface area contributed by atoms with Gasteiger partial charge in [0, 0.05) is 28.9 Å². The fraction of sp³-hybridized carbons (Fsp3) is 0.125. The van der Waals surface area contributed by atoms with E-state index in [1.54, 1.807) is 30.6 Å². The van der Waals surface area contributed by atoms with Gasteiger partial charge in [-0.15, -0.1) is 0 Å². The predicted molar refractivity (Wildman–Crippen MR) is 82.3 cm³/mol. The summed E-state index contributed by atoms with van der Waals surface area (Å²) in [4.78, 5) is 8.46. The molecule has 1 N–H and O–H groups in total. The van der Waals surface area contributed by atoms with Gasteiger partial charge in [-0.05, 0) is 23.8 Å². The largest absolute Gasteiger partial charge is 0.388 e. The van der Waals surface area contributed by atoms with Crippen LogP contribution in [-0.2, 0) is 6.42 Å². The quantitative estimate of drug-likeness (QED) is 0.784. The average molecular weight is 347 g/mol. The van der Waals surface area contributed by atoms with E-state index in [1.807, 2.05) is 12.1 Å². The lowest BCUT2D eigenvalue weighted by atomic mass is 10.00. The van der Waals surface area contributed by atoms with Gasteiger partial charge in [0.2, 0.25) is 0 Å². The van der Waals surface area contributed by atoms with Crippen molar-refractivity contribution in [2.24, 2.45) is 0 Å². The molecule has 0 aliphatic heterocycles. The van der Waals surface area contributed by atoms with Crippen molar-refractivity contribution in [2.75, 3.05) is 0 Å². The molecule has 1 atom stereocenters. The fourth-order valence-electron chi connectivity index (χ4n) is 2.29. The van der Waals surface area contributed by atoms with Crippen molar-refractivity contribution in [1.29, 1.82) is 0 Å². The van der Waals surface area contributed by atoms with E-state index in [0.29, 0.717) is 26.6 Å². The topological polar surface area (TPSA) is 46.0 Å². The van der Waals surface area contributed by atoms with Gasteiger partial charge in [0.15, 0.2) is 0 Å². The highest BCUT2D eigenvalue weighted by Gasteiger charge is 2.15. The van der Waals surface area contributed by atoms with Gasteiger partial charge in [0.25, 0.3) is 0 Å². The van der Waals surface area contributed by atoms with Gasteiger partial charge in [-0.1, -0.05) is 34.1 Å². The molecule has 5 heteroatoms. The monoisotopic (exact) mass is 346 g/mol. The van der Waals surface area contributed by atoms with Crippen LogP contribution in [0.5, 0.6) is 0 Å². The van der Waals surface area contributed by atoms with E-state index in [9.17, 15) is 9.50 Å². The standard InChI is InChI=1S/C16H12BrFN2O/c17-11-5-4-10(13(18)9-11)8-15(21)12-2-1-3-14-16(12)20-7-6-19-14/h1-7,9,15,21H,8H2. The number of nitrogens with zero attached hydrogens (tertiary/aromatic N) is 2. The zero-order chi connectivity index (χ0) is 14.8. The Bertz CT molecular complexity index is 789. The number of para-hydroxylation sites is 1. The van der Waals surface area contributed by atoms with Gasteiger partial charge in [-0.2, -0.15) is 0 Å². The van der Waals surface area contributed by atoms with Crippen LogP contribution in [0.4, 0.5) is 4.39 Å². The first kappa shape index (κ1) is 14.1. The summed E-state index contributed by atoms with van der Waals surface area (Å²) in [5.41, 5.74) is 2.48. The fourth-order valence-corrected chi connectivity index (χ4v) is 2.62. The Hall–Kier alpha value is -1.85. The first-order valence-electron chi connectivity index (χ1n) is 6.47. The third-order valence-corrected chi connectivity index (χ3v) is 3.81. The SMILES string of the molecule is OC(Cc1ccc(Br)cc1F)c1cccc2nccnc12. The molecule has 2 aromatic carbocycles. The van der Waals surface area contributed by atoms with Crippen LogP contribution in [0.15, 0.2) is 53.3 Å². The summed E-state index contributed by atoms with van der Waals surface area (Å²) in [6.45, 7) is 0. The van der Waals surface area contributed by atoms with Crippen LogP contribution in [0, 0.1) is 5.82 Å². The van der Waals surface area contributed by atoms with Gasteiger partial charge >= 0.3 is 0 Å². The van der Waals surface area contributed by atoms with E-state index in [2.05, 4.69) is 25.9 Å². The van der Waals surface area contributed by atoms with E-state index in [1.165, 1.54) is 6.07 Å². The first-order valence-corrected chi connectivity index (χ1v) is 7.26. The Kier molecular flexibility index (Phi) is 3.94.